The molecule has 7 aromatic carbocycles. The number of benzene rings is 7. The molecule has 7 aromatic rings. The maximum absolute atomic E-state index is 13.9. The van der Waals surface area contributed by atoms with Gasteiger partial charge in [-0.05, 0) is 51.9 Å². The first-order valence-electron chi connectivity index (χ1n) is 23.4. The number of ketones is 1. The molecule has 2 saturated heterocycles. The topological polar surface area (TPSA) is 83.5 Å². The molecule has 340 valence electrons. The van der Waals surface area contributed by atoms with Crippen molar-refractivity contribution in [1.29, 1.82) is 0 Å². The van der Waals surface area contributed by atoms with Gasteiger partial charge < -0.3 is 28.6 Å². The zero-order chi connectivity index (χ0) is 45.6. The summed E-state index contributed by atoms with van der Waals surface area (Å²) in [6.45, 7) is 1.77. The number of rotatable bonds is 21. The first-order chi connectivity index (χ1) is 33.1. The number of anilines is 1. The minimum Gasteiger partial charge on any atom is -0.374 e. The molecule has 2 fully saturated rings. The number of carbonyl (C=O) groups excluding carboxylic acids is 2. The molecule has 8 nitrogen and oxygen atoms in total. The van der Waals surface area contributed by atoms with Crippen LogP contribution < -0.4 is 4.90 Å². The second-order valence-electron chi connectivity index (χ2n) is 17.4. The fraction of sp³-hybridized carbons (Fsp3) is 0.254. The monoisotopic (exact) mass is 891 g/mol. The number of hydrogen-bond acceptors (Lipinski definition) is 7. The van der Waals surface area contributed by atoms with E-state index in [0.29, 0.717) is 51.3 Å². The summed E-state index contributed by atoms with van der Waals surface area (Å²) in [5.41, 5.74) is 7.76. The van der Waals surface area contributed by atoms with Crippen LogP contribution in [0.4, 0.5) is 5.69 Å². The van der Waals surface area contributed by atoms with E-state index >= 15 is 0 Å². The van der Waals surface area contributed by atoms with Crippen LogP contribution in [0.2, 0.25) is 0 Å². The Kier molecular flexibility index (Phi) is 15.5. The predicted molar refractivity (Wildman–Crippen MR) is 260 cm³/mol. The predicted octanol–water partition coefficient (Wildman–Crippen LogP) is 11.3. The Labute approximate surface area is 394 Å². The Bertz CT molecular complexity index is 2580. The summed E-state index contributed by atoms with van der Waals surface area (Å²) in [5, 5.41) is 0. The molecule has 9 rings (SSSR count). The molecule has 0 bridgehead atoms. The van der Waals surface area contributed by atoms with Gasteiger partial charge in [-0.25, -0.2) is 0 Å². The molecule has 67 heavy (non-hydrogen) atoms. The fourth-order valence-electron chi connectivity index (χ4n) is 9.28. The van der Waals surface area contributed by atoms with Crippen LogP contribution in [0.15, 0.2) is 206 Å². The normalized spacial score (nSPS) is 21.4. The van der Waals surface area contributed by atoms with Crippen LogP contribution in [-0.4, -0.2) is 48.8 Å². The maximum Gasteiger partial charge on any atom is 0.233 e. The van der Waals surface area contributed by atoms with Gasteiger partial charge in [0.15, 0.2) is 5.78 Å². The molecule has 8 heteroatoms. The summed E-state index contributed by atoms with van der Waals surface area (Å²) < 4.78 is 34.5. The Morgan fingerprint density at radius 3 is 1.45 bits per heavy atom. The second kappa shape index (κ2) is 22.8. The number of ether oxygens (including phenoxy) is 5. The van der Waals surface area contributed by atoms with Crippen LogP contribution in [0, 0.1) is 5.92 Å². The van der Waals surface area contributed by atoms with Gasteiger partial charge in [-0.3, -0.25) is 9.59 Å². The van der Waals surface area contributed by atoms with E-state index in [2.05, 4.69) is 72.8 Å². The summed E-state index contributed by atoms with van der Waals surface area (Å²) in [6, 6.07) is 68.0. The van der Waals surface area contributed by atoms with Crippen molar-refractivity contribution in [2.24, 2.45) is 5.92 Å². The molecule has 2 aliphatic rings. The van der Waals surface area contributed by atoms with Crippen molar-refractivity contribution in [2.75, 3.05) is 11.5 Å². The average Bonchev–Trinajstić information content (AvgIpc) is 3.38. The maximum atomic E-state index is 13.9. The Morgan fingerprint density at radius 2 is 0.925 bits per heavy atom. The molecule has 0 saturated carbocycles. The SMILES string of the molecule is O=C(CC[C@H]1C(=O)N(c2ccccc2)[C@@H]1c1ccc(C[C@@H]2O[C@H](COCc3ccccc3)[C@@H](OCc3ccccc3)[C@H](OCc3ccccc3)[C@H]2OCc2ccccc2)cc1)c1ccccc1. The zero-order valence-electron chi connectivity index (χ0n) is 37.6. The molecule has 0 unspecified atom stereocenters. The summed E-state index contributed by atoms with van der Waals surface area (Å²) in [5.74, 6) is -0.260. The number of hydrogen-bond donors (Lipinski definition) is 0. The van der Waals surface area contributed by atoms with E-state index in [1.807, 2.05) is 138 Å². The van der Waals surface area contributed by atoms with Crippen LogP contribution in [-0.2, 0) is 61.3 Å². The summed E-state index contributed by atoms with van der Waals surface area (Å²) >= 11 is 0. The Balaban J connectivity index is 1.01. The fourth-order valence-corrected chi connectivity index (χ4v) is 9.28. The van der Waals surface area contributed by atoms with Crippen molar-refractivity contribution in [3.05, 3.63) is 245 Å². The summed E-state index contributed by atoms with van der Waals surface area (Å²) in [4.78, 5) is 29.0. The average molecular weight is 892 g/mol. The third-order valence-electron chi connectivity index (χ3n) is 12.8. The standard InChI is InChI=1S/C59H57NO7/c61-52(48-27-15-5-16-28-48)36-35-51-55(60(59(51)62)50-29-17-6-18-30-50)49-33-31-43(32-34-49)37-53-56(64-39-45-21-9-2-10-22-45)58(66-41-47-25-13-4-14-26-47)57(65-40-46-23-11-3-12-24-46)54(67-53)42-63-38-44-19-7-1-8-20-44/h1-34,51,53-58H,35-42H2/t51-,53+,54-,55-,56+,57-,58-/m1/s1. The lowest BCUT2D eigenvalue weighted by atomic mass is 9.78. The van der Waals surface area contributed by atoms with Gasteiger partial charge in [0.25, 0.3) is 0 Å². The highest BCUT2D eigenvalue weighted by molar-refractivity contribution is 6.04. The second-order valence-corrected chi connectivity index (χ2v) is 17.4. The van der Waals surface area contributed by atoms with Gasteiger partial charge >= 0.3 is 0 Å². The van der Waals surface area contributed by atoms with E-state index in [9.17, 15) is 9.59 Å². The lowest BCUT2D eigenvalue weighted by Gasteiger charge is -2.48. The van der Waals surface area contributed by atoms with E-state index in [1.165, 1.54) is 0 Å². The van der Waals surface area contributed by atoms with E-state index in [0.717, 1.165) is 39.1 Å². The largest absolute Gasteiger partial charge is 0.374 e. The lowest BCUT2D eigenvalue weighted by Crippen LogP contribution is -2.61. The third kappa shape index (κ3) is 11.7. The zero-order valence-corrected chi connectivity index (χ0v) is 37.6. The molecule has 0 radical (unpaired) electrons. The van der Waals surface area contributed by atoms with Gasteiger partial charge in [0, 0.05) is 24.1 Å². The van der Waals surface area contributed by atoms with Gasteiger partial charge in [-0.2, -0.15) is 0 Å². The van der Waals surface area contributed by atoms with E-state index in [-0.39, 0.29) is 30.3 Å². The first-order valence-corrected chi connectivity index (χ1v) is 23.4. The smallest absolute Gasteiger partial charge is 0.233 e. The molecule has 0 spiro atoms. The number of Topliss-reactive ketones (excluding diaryl/α,β-unsaturated/α-hetero) is 1. The molecule has 2 heterocycles. The lowest BCUT2D eigenvalue weighted by molar-refractivity contribution is -0.272. The molecule has 7 atom stereocenters. The molecule has 0 aromatic heterocycles. The minimum atomic E-state index is -0.537. The van der Waals surface area contributed by atoms with Crippen LogP contribution in [0.1, 0.15) is 62.6 Å². The van der Waals surface area contributed by atoms with Crippen molar-refractivity contribution in [1.82, 2.24) is 0 Å². The van der Waals surface area contributed by atoms with Crippen molar-refractivity contribution < 1.29 is 33.3 Å². The van der Waals surface area contributed by atoms with Gasteiger partial charge in [0.05, 0.1) is 51.1 Å². The number of amides is 1. The Morgan fingerprint density at radius 1 is 0.478 bits per heavy atom. The van der Waals surface area contributed by atoms with Crippen LogP contribution in [0.5, 0.6) is 0 Å². The number of β-lactam (4-membered cyclic amide) rings is 1. The van der Waals surface area contributed by atoms with Gasteiger partial charge in [-0.15, -0.1) is 0 Å². The van der Waals surface area contributed by atoms with Crippen molar-refractivity contribution in [2.45, 2.75) is 82.3 Å². The van der Waals surface area contributed by atoms with E-state index in [4.69, 9.17) is 23.7 Å². The first kappa shape index (κ1) is 45.6. The molecule has 0 aliphatic carbocycles. The molecular weight excluding hydrogens is 835 g/mol. The van der Waals surface area contributed by atoms with Crippen LogP contribution >= 0.6 is 0 Å². The minimum absolute atomic E-state index is 0.0289. The van der Waals surface area contributed by atoms with E-state index < -0.39 is 30.5 Å². The third-order valence-corrected chi connectivity index (χ3v) is 12.8. The molecule has 1 amide bonds. The molecular formula is C59H57NO7. The van der Waals surface area contributed by atoms with Crippen molar-refractivity contribution >= 4 is 17.4 Å². The number of carbonyl (C=O) groups is 2. The van der Waals surface area contributed by atoms with Gasteiger partial charge in [0.1, 0.15) is 24.4 Å². The highest BCUT2D eigenvalue weighted by atomic mass is 16.6. The molecule has 2 aliphatic heterocycles. The Hall–Kier alpha value is -6.52. The number of para-hydroxylation sites is 1. The van der Waals surface area contributed by atoms with Crippen LogP contribution in [0.25, 0.3) is 0 Å². The van der Waals surface area contributed by atoms with Crippen molar-refractivity contribution in [3.8, 4) is 0 Å². The molecule has 0 N–H and O–H groups in total. The van der Waals surface area contributed by atoms with Gasteiger partial charge in [-0.1, -0.05) is 194 Å². The highest BCUT2D eigenvalue weighted by Gasteiger charge is 2.50. The number of nitrogens with zero attached hydrogens (tertiary/aromatic N) is 1. The summed E-state index contributed by atoms with van der Waals surface area (Å²) in [6.07, 6.45) is -1.26. The van der Waals surface area contributed by atoms with Crippen LogP contribution in [0.3, 0.4) is 0 Å². The van der Waals surface area contributed by atoms with E-state index in [1.54, 1.807) is 0 Å². The quantitative estimate of drug-likeness (QED) is 0.0525. The van der Waals surface area contributed by atoms with Crippen molar-refractivity contribution in [3.63, 3.8) is 0 Å². The summed E-state index contributed by atoms with van der Waals surface area (Å²) in [7, 11) is 0. The highest BCUT2D eigenvalue weighted by Crippen LogP contribution is 2.46. The van der Waals surface area contributed by atoms with Gasteiger partial charge in [0.2, 0.25) is 5.91 Å².